The average Bonchev–Trinajstić information content (AvgIpc) is 3.28. The van der Waals surface area contributed by atoms with E-state index < -0.39 is 0 Å². The number of rotatable bonds is 8. The zero-order valence-electron chi connectivity index (χ0n) is 44.8. The Hall–Kier alpha value is -1.22. The van der Waals surface area contributed by atoms with Crippen molar-refractivity contribution in [1.82, 2.24) is 31.1 Å². The standard InChI is InChI=1S/C58H104N6O2/c1-35(2)43-17-13-39(9)29-47(43)51-33-52(48-30-40(10)14-18-44(48)36(3)4)60-57(59-51)21-25-63(26-22-57)55(65)56(66)64-27-23-58(24-28-64)61-53(49-31-41(11)15-19-45(49)37(5)6)34-54(62-58)50-32-42(12)16-20-46(50)38(7)8/h35-54,59-62H,13-34H2,1-12H3. The Morgan fingerprint density at radius 3 is 0.818 bits per heavy atom. The third-order valence-corrected chi connectivity index (χ3v) is 21.2. The number of piperidine rings is 2. The third kappa shape index (κ3) is 11.1. The molecule has 0 bridgehead atoms. The number of nitrogens with zero attached hydrogens (tertiary/aromatic N) is 2. The van der Waals surface area contributed by atoms with Crippen LogP contribution >= 0.6 is 0 Å². The summed E-state index contributed by atoms with van der Waals surface area (Å²) in [6.07, 6.45) is 22.1. The van der Waals surface area contributed by atoms with Gasteiger partial charge in [-0.2, -0.15) is 0 Å². The lowest BCUT2D eigenvalue weighted by molar-refractivity contribution is -0.154. The Bertz CT molecular complexity index is 1400. The van der Waals surface area contributed by atoms with E-state index in [1.54, 1.807) is 0 Å². The smallest absolute Gasteiger partial charge is 0.312 e. The second-order valence-corrected chi connectivity index (χ2v) is 27.2. The highest BCUT2D eigenvalue weighted by molar-refractivity contribution is 6.34. The largest absolute Gasteiger partial charge is 0.334 e. The van der Waals surface area contributed by atoms with Gasteiger partial charge in [0.2, 0.25) is 0 Å². The SMILES string of the molecule is CC1CCC(C(C)C)C(C2CC(C3CC(C)CCC3C(C)C)NC3(CCN(C(=O)C(=O)N4CCC5(CC4)NC(C4CC(C)CCC4C(C)C)CC(C4CC(C)CCC4C(C)C)N5)CC3)N2)C1. The fraction of sp³-hybridized carbons (Fsp3) is 0.966. The van der Waals surface area contributed by atoms with Crippen LogP contribution in [-0.4, -0.2) is 83.3 Å². The van der Waals surface area contributed by atoms with Gasteiger partial charge in [0, 0.05) is 50.3 Å². The maximum absolute atomic E-state index is 14.4. The molecule has 8 nitrogen and oxygen atoms in total. The third-order valence-electron chi connectivity index (χ3n) is 21.2. The Labute approximate surface area is 406 Å². The van der Waals surface area contributed by atoms with Gasteiger partial charge in [0.05, 0.1) is 11.3 Å². The van der Waals surface area contributed by atoms with E-state index in [0.717, 1.165) is 73.0 Å². The van der Waals surface area contributed by atoms with Gasteiger partial charge in [-0.25, -0.2) is 0 Å². The first-order valence-corrected chi connectivity index (χ1v) is 29.0. The monoisotopic (exact) mass is 917 g/mol. The van der Waals surface area contributed by atoms with E-state index >= 15 is 0 Å². The van der Waals surface area contributed by atoms with E-state index in [0.29, 0.717) is 97.7 Å². The van der Waals surface area contributed by atoms with E-state index in [4.69, 9.17) is 0 Å². The number of carbonyl (C=O) groups is 2. The molecule has 4 aliphatic carbocycles. The zero-order valence-corrected chi connectivity index (χ0v) is 44.8. The summed E-state index contributed by atoms with van der Waals surface area (Å²) < 4.78 is 0. The molecule has 16 atom stereocenters. The van der Waals surface area contributed by atoms with Gasteiger partial charge in [0.15, 0.2) is 0 Å². The van der Waals surface area contributed by atoms with Crippen LogP contribution in [0.1, 0.15) is 199 Å². The molecule has 4 N–H and O–H groups in total. The summed E-state index contributed by atoms with van der Waals surface area (Å²) in [7, 11) is 0. The molecule has 4 saturated heterocycles. The van der Waals surface area contributed by atoms with Crippen molar-refractivity contribution < 1.29 is 9.59 Å². The van der Waals surface area contributed by atoms with Crippen molar-refractivity contribution in [2.45, 2.75) is 234 Å². The van der Waals surface area contributed by atoms with Gasteiger partial charge in [-0.05, 0) is 185 Å². The molecule has 0 radical (unpaired) electrons. The summed E-state index contributed by atoms with van der Waals surface area (Å²) in [5, 5.41) is 17.5. The van der Waals surface area contributed by atoms with Crippen molar-refractivity contribution in [2.24, 2.45) is 94.7 Å². The predicted octanol–water partition coefficient (Wildman–Crippen LogP) is 11.1. The van der Waals surface area contributed by atoms with Crippen LogP contribution in [0.4, 0.5) is 0 Å². The summed E-state index contributed by atoms with van der Waals surface area (Å²) >= 11 is 0. The fourth-order valence-electron chi connectivity index (χ4n) is 17.4. The Balaban J connectivity index is 0.953. The Kier molecular flexibility index (Phi) is 16.5. The average molecular weight is 918 g/mol. The van der Waals surface area contributed by atoms with Crippen LogP contribution in [-0.2, 0) is 9.59 Å². The molecule has 8 rings (SSSR count). The van der Waals surface area contributed by atoms with E-state index in [-0.39, 0.29) is 23.1 Å². The van der Waals surface area contributed by atoms with Crippen LogP contribution in [0.3, 0.4) is 0 Å². The van der Waals surface area contributed by atoms with Crippen molar-refractivity contribution in [1.29, 1.82) is 0 Å². The lowest BCUT2D eigenvalue weighted by Crippen LogP contribution is -2.74. The van der Waals surface area contributed by atoms with Gasteiger partial charge in [-0.3, -0.25) is 30.9 Å². The highest BCUT2D eigenvalue weighted by atomic mass is 16.2. The maximum Gasteiger partial charge on any atom is 0.312 e. The first kappa shape index (κ1) is 51.1. The Morgan fingerprint density at radius 1 is 0.379 bits per heavy atom. The van der Waals surface area contributed by atoms with Crippen LogP contribution in [0, 0.1) is 94.7 Å². The quantitative estimate of drug-likeness (QED) is 0.181. The lowest BCUT2D eigenvalue weighted by atomic mass is 9.62. The van der Waals surface area contributed by atoms with E-state index in [1.165, 1.54) is 89.9 Å². The molecule has 66 heavy (non-hydrogen) atoms. The molecule has 4 aliphatic heterocycles. The fourth-order valence-corrected chi connectivity index (χ4v) is 17.4. The molecule has 8 fully saturated rings. The van der Waals surface area contributed by atoms with Crippen molar-refractivity contribution >= 4 is 11.8 Å². The van der Waals surface area contributed by atoms with Crippen LogP contribution in [0.2, 0.25) is 0 Å². The van der Waals surface area contributed by atoms with Crippen molar-refractivity contribution in [2.75, 3.05) is 26.2 Å². The first-order valence-electron chi connectivity index (χ1n) is 29.0. The highest BCUT2D eigenvalue weighted by Gasteiger charge is 2.53. The summed E-state index contributed by atoms with van der Waals surface area (Å²) in [6, 6.07) is 1.99. The molecule has 4 saturated carbocycles. The van der Waals surface area contributed by atoms with E-state index in [1.807, 2.05) is 9.80 Å². The number of hydrogen-bond acceptors (Lipinski definition) is 6. The molecule has 0 aromatic carbocycles. The van der Waals surface area contributed by atoms with E-state index in [2.05, 4.69) is 104 Å². The van der Waals surface area contributed by atoms with Crippen LogP contribution in [0.25, 0.3) is 0 Å². The molecular weight excluding hydrogens is 813 g/mol. The molecule has 2 spiro atoms. The summed E-state index contributed by atoms with van der Waals surface area (Å²) in [6.45, 7) is 32.3. The van der Waals surface area contributed by atoms with Gasteiger partial charge in [-0.15, -0.1) is 0 Å². The molecular formula is C58H104N6O2. The molecule has 2 amide bonds. The minimum atomic E-state index is -0.265. The zero-order chi connectivity index (χ0) is 47.2. The molecule has 4 heterocycles. The molecule has 378 valence electrons. The highest BCUT2D eigenvalue weighted by Crippen LogP contribution is 2.49. The van der Waals surface area contributed by atoms with Crippen molar-refractivity contribution in [3.8, 4) is 0 Å². The first-order chi connectivity index (χ1) is 31.3. The predicted molar refractivity (Wildman–Crippen MR) is 273 cm³/mol. The summed E-state index contributed by atoms with van der Waals surface area (Å²) in [4.78, 5) is 32.7. The maximum atomic E-state index is 14.4. The van der Waals surface area contributed by atoms with Gasteiger partial charge in [0.1, 0.15) is 0 Å². The minimum absolute atomic E-state index is 0.184. The van der Waals surface area contributed by atoms with Crippen LogP contribution < -0.4 is 21.3 Å². The van der Waals surface area contributed by atoms with Gasteiger partial charge < -0.3 is 9.80 Å². The van der Waals surface area contributed by atoms with Gasteiger partial charge in [-0.1, -0.05) is 109 Å². The number of likely N-dealkylation sites (tertiary alicyclic amines) is 2. The Morgan fingerprint density at radius 2 is 0.606 bits per heavy atom. The minimum Gasteiger partial charge on any atom is -0.334 e. The van der Waals surface area contributed by atoms with Crippen molar-refractivity contribution in [3.63, 3.8) is 0 Å². The van der Waals surface area contributed by atoms with Gasteiger partial charge in [0.25, 0.3) is 0 Å². The summed E-state index contributed by atoms with van der Waals surface area (Å²) in [5.74, 6) is 11.2. The topological polar surface area (TPSA) is 88.7 Å². The summed E-state index contributed by atoms with van der Waals surface area (Å²) in [5.41, 5.74) is -0.369. The second-order valence-electron chi connectivity index (χ2n) is 27.2. The molecule has 0 aromatic rings. The van der Waals surface area contributed by atoms with Crippen LogP contribution in [0.5, 0.6) is 0 Å². The molecule has 0 aromatic heterocycles. The normalized spacial score (nSPS) is 42.4. The van der Waals surface area contributed by atoms with Crippen molar-refractivity contribution in [3.05, 3.63) is 0 Å². The number of hydrogen-bond donors (Lipinski definition) is 4. The lowest BCUT2D eigenvalue weighted by Gasteiger charge is -2.57. The molecule has 8 aliphatic rings. The number of nitrogens with one attached hydrogen (secondary N) is 4. The second kappa shape index (κ2) is 21.2. The number of carbonyl (C=O) groups excluding carboxylic acids is 2. The molecule has 8 heteroatoms. The van der Waals surface area contributed by atoms with Gasteiger partial charge >= 0.3 is 11.8 Å². The number of amides is 2. The van der Waals surface area contributed by atoms with Crippen LogP contribution in [0.15, 0.2) is 0 Å². The molecule has 16 unspecified atom stereocenters. The van der Waals surface area contributed by atoms with E-state index in [9.17, 15) is 9.59 Å².